The van der Waals surface area contributed by atoms with Crippen LogP contribution in [0.15, 0.2) is 12.7 Å². The van der Waals surface area contributed by atoms with E-state index >= 15 is 0 Å². The average Bonchev–Trinajstić information content (AvgIpc) is 3.48. The highest BCUT2D eigenvalue weighted by molar-refractivity contribution is 4.65. The number of unbranched alkanes of at least 4 members (excludes halogenated alkanes) is 77. The lowest BCUT2D eigenvalue weighted by molar-refractivity contribution is 0.506. The van der Waals surface area contributed by atoms with Gasteiger partial charge in [-0.3, -0.25) is 0 Å². The Balaban J connectivity index is 3.08. The van der Waals surface area contributed by atoms with Gasteiger partial charge in [-0.2, -0.15) is 0 Å². The van der Waals surface area contributed by atoms with E-state index in [4.69, 9.17) is 0 Å². The van der Waals surface area contributed by atoms with Crippen LogP contribution >= 0.6 is 0 Å². The van der Waals surface area contributed by atoms with Crippen molar-refractivity contribution in [1.82, 2.24) is 0 Å². The van der Waals surface area contributed by atoms with E-state index in [1.807, 2.05) is 0 Å². The summed E-state index contributed by atoms with van der Waals surface area (Å²) in [7, 11) is 0. The molecule has 0 rings (SSSR count). The van der Waals surface area contributed by atoms with Crippen molar-refractivity contribution < 1.29 is 0 Å². The number of allylic oxidation sites excluding steroid dienone is 1. The quantitative estimate of drug-likeness (QED) is 0.0421. The fourth-order valence-electron chi connectivity index (χ4n) is 13.6. The Morgan fingerprint density at radius 3 is 0.272 bits per heavy atom. The molecule has 0 fully saturated rings. The van der Waals surface area contributed by atoms with Crippen LogP contribution in [0.1, 0.15) is 508 Å². The molecule has 0 aliphatic heterocycles. The second kappa shape index (κ2) is 79.7. The van der Waals surface area contributed by atoms with Gasteiger partial charge in [-0.1, -0.05) is 501 Å². The van der Waals surface area contributed by atoms with Gasteiger partial charge >= 0.3 is 0 Å². The van der Waals surface area contributed by atoms with Gasteiger partial charge in [0, 0.05) is 0 Å². The predicted molar refractivity (Wildman–Crippen MR) is 376 cm³/mol. The monoisotopic (exact) mass is 1140 g/mol. The summed E-state index contributed by atoms with van der Waals surface area (Å²) in [6, 6.07) is 0. The molecule has 0 aliphatic rings. The molecule has 0 unspecified atom stereocenters. The van der Waals surface area contributed by atoms with E-state index in [0.29, 0.717) is 0 Å². The third-order valence-corrected chi connectivity index (χ3v) is 19.5. The van der Waals surface area contributed by atoms with Gasteiger partial charge in [0.2, 0.25) is 0 Å². The molecule has 0 heterocycles. The molecule has 0 nitrogen and oxygen atoms in total. The van der Waals surface area contributed by atoms with Crippen molar-refractivity contribution in [1.29, 1.82) is 0 Å². The van der Waals surface area contributed by atoms with Crippen LogP contribution in [0.2, 0.25) is 0 Å². The standard InChI is InChI=1S/C81H162/c1-3-5-7-9-11-13-15-17-19-21-23-25-27-29-31-33-35-37-39-41-43-45-47-49-51-53-55-57-59-61-63-65-67-69-71-73-75-77-79-81-80-78-76-74-72-70-68-66-64-62-60-58-56-54-52-50-48-46-44-42-40-38-36-34-32-30-28-26-24-22-20-18-16-14-12-10-8-6-4-2/h3H,1,4-81H2,2H3. The zero-order valence-corrected chi connectivity index (χ0v) is 57.4. The van der Waals surface area contributed by atoms with E-state index < -0.39 is 0 Å². The fraction of sp³-hybridized carbons (Fsp3) is 0.975. The highest BCUT2D eigenvalue weighted by Gasteiger charge is 2.02. The normalized spacial score (nSPS) is 11.7. The van der Waals surface area contributed by atoms with E-state index in [-0.39, 0.29) is 0 Å². The lowest BCUT2D eigenvalue weighted by Crippen LogP contribution is -1.85. The molecule has 0 atom stereocenters. The minimum atomic E-state index is 1.21. The van der Waals surface area contributed by atoms with Crippen LogP contribution in [0.5, 0.6) is 0 Å². The zero-order valence-electron chi connectivity index (χ0n) is 57.4. The Morgan fingerprint density at radius 2 is 0.198 bits per heavy atom. The number of hydrogen-bond donors (Lipinski definition) is 0. The van der Waals surface area contributed by atoms with E-state index in [2.05, 4.69) is 19.6 Å². The van der Waals surface area contributed by atoms with Gasteiger partial charge in [-0.05, 0) is 12.8 Å². The van der Waals surface area contributed by atoms with Crippen molar-refractivity contribution in [2.45, 2.75) is 508 Å². The van der Waals surface area contributed by atoms with Crippen LogP contribution in [-0.4, -0.2) is 0 Å². The molecular weight excluding hydrogens is 973 g/mol. The summed E-state index contributed by atoms with van der Waals surface area (Å²) >= 11 is 0. The van der Waals surface area contributed by atoms with Crippen molar-refractivity contribution in [3.8, 4) is 0 Å². The van der Waals surface area contributed by atoms with Crippen LogP contribution < -0.4 is 0 Å². The Hall–Kier alpha value is -0.260. The zero-order chi connectivity index (χ0) is 57.9. The molecule has 0 aromatic carbocycles. The second-order valence-corrected chi connectivity index (χ2v) is 27.9. The summed E-state index contributed by atoms with van der Waals surface area (Å²) < 4.78 is 0. The van der Waals surface area contributed by atoms with Crippen molar-refractivity contribution in [2.24, 2.45) is 0 Å². The van der Waals surface area contributed by atoms with E-state index in [9.17, 15) is 0 Å². The van der Waals surface area contributed by atoms with Crippen LogP contribution in [0, 0.1) is 0 Å². The van der Waals surface area contributed by atoms with Gasteiger partial charge in [-0.25, -0.2) is 0 Å². The van der Waals surface area contributed by atoms with E-state index in [1.54, 1.807) is 0 Å². The fourth-order valence-corrected chi connectivity index (χ4v) is 13.6. The maximum atomic E-state index is 3.82. The van der Waals surface area contributed by atoms with Crippen LogP contribution in [0.3, 0.4) is 0 Å². The molecule has 0 aromatic heterocycles. The van der Waals surface area contributed by atoms with Crippen molar-refractivity contribution >= 4 is 0 Å². The van der Waals surface area contributed by atoms with Gasteiger partial charge in [0.15, 0.2) is 0 Å². The van der Waals surface area contributed by atoms with Crippen molar-refractivity contribution in [3.63, 3.8) is 0 Å². The van der Waals surface area contributed by atoms with E-state index in [0.717, 1.165) is 0 Å². The first-order chi connectivity index (χ1) is 40.4. The van der Waals surface area contributed by atoms with Crippen molar-refractivity contribution in [3.05, 3.63) is 12.7 Å². The van der Waals surface area contributed by atoms with Gasteiger partial charge in [0.05, 0.1) is 0 Å². The Bertz CT molecular complexity index is 1030. The molecule has 0 aromatic rings. The third-order valence-electron chi connectivity index (χ3n) is 19.5. The molecular formula is C81H162. The first-order valence-corrected chi connectivity index (χ1v) is 40.0. The van der Waals surface area contributed by atoms with E-state index in [1.165, 1.54) is 501 Å². The Kier molecular flexibility index (Phi) is 79.5. The predicted octanol–water partition coefficient (Wildman–Crippen LogP) is 31.6. The van der Waals surface area contributed by atoms with Crippen LogP contribution in [-0.2, 0) is 0 Å². The molecule has 0 bridgehead atoms. The molecule has 0 saturated heterocycles. The Labute approximate surface area is 517 Å². The SMILES string of the molecule is C=CCCCCCCCCCCCCCCCCCCCCCCCCCCCCCCCCCCCCCCCCCCCCCCCCCCCCCCCCCCCCCCCCCCCCCCCCCCCCCCC. The molecule has 486 valence electrons. The van der Waals surface area contributed by atoms with Gasteiger partial charge in [0.25, 0.3) is 0 Å². The smallest absolute Gasteiger partial charge is 0.0353 e. The molecule has 0 N–H and O–H groups in total. The third kappa shape index (κ3) is 79.7. The number of rotatable bonds is 78. The molecule has 0 amide bonds. The van der Waals surface area contributed by atoms with Crippen molar-refractivity contribution in [2.75, 3.05) is 0 Å². The minimum Gasteiger partial charge on any atom is -0.103 e. The first-order valence-electron chi connectivity index (χ1n) is 40.0. The maximum Gasteiger partial charge on any atom is -0.0353 e. The molecule has 0 radical (unpaired) electrons. The highest BCUT2D eigenvalue weighted by atomic mass is 14.1. The molecule has 0 spiro atoms. The van der Waals surface area contributed by atoms with Crippen LogP contribution in [0.4, 0.5) is 0 Å². The molecule has 0 heteroatoms. The van der Waals surface area contributed by atoms with Gasteiger partial charge < -0.3 is 0 Å². The summed E-state index contributed by atoms with van der Waals surface area (Å²) in [6.07, 6.45) is 118. The summed E-state index contributed by atoms with van der Waals surface area (Å²) in [5, 5.41) is 0. The maximum absolute atomic E-state index is 3.82. The largest absolute Gasteiger partial charge is 0.103 e. The van der Waals surface area contributed by atoms with Crippen LogP contribution in [0.25, 0.3) is 0 Å². The molecule has 81 heavy (non-hydrogen) atoms. The Morgan fingerprint density at radius 1 is 0.123 bits per heavy atom. The molecule has 0 saturated carbocycles. The van der Waals surface area contributed by atoms with Gasteiger partial charge in [0.1, 0.15) is 0 Å². The van der Waals surface area contributed by atoms with Gasteiger partial charge in [-0.15, -0.1) is 6.58 Å². The first kappa shape index (κ1) is 80.7. The summed E-state index contributed by atoms with van der Waals surface area (Å²) in [4.78, 5) is 0. The number of hydrogen-bond acceptors (Lipinski definition) is 0. The minimum absolute atomic E-state index is 1.21. The highest BCUT2D eigenvalue weighted by Crippen LogP contribution is 2.22. The topological polar surface area (TPSA) is 0 Å². The summed E-state index contributed by atoms with van der Waals surface area (Å²) in [6.45, 7) is 6.14. The lowest BCUT2D eigenvalue weighted by Gasteiger charge is -2.05. The summed E-state index contributed by atoms with van der Waals surface area (Å²) in [5.74, 6) is 0. The molecule has 0 aliphatic carbocycles. The summed E-state index contributed by atoms with van der Waals surface area (Å²) in [5.41, 5.74) is 0. The lowest BCUT2D eigenvalue weighted by atomic mass is 10.0. The second-order valence-electron chi connectivity index (χ2n) is 27.9. The average molecular weight is 1140 g/mol.